The number of aryl methyl sites for hydroxylation is 1. The van der Waals surface area contributed by atoms with Gasteiger partial charge >= 0.3 is 0 Å². The normalized spacial score (nSPS) is 14.9. The van der Waals surface area contributed by atoms with E-state index in [1.165, 1.54) is 0 Å². The second kappa shape index (κ2) is 5.19. The molecule has 1 rings (SSSR count). The van der Waals surface area contributed by atoms with Gasteiger partial charge in [-0.05, 0) is 40.2 Å². The molecule has 4 heteroatoms. The maximum absolute atomic E-state index is 13.8. The third-order valence-electron chi connectivity index (χ3n) is 2.33. The van der Waals surface area contributed by atoms with Crippen molar-refractivity contribution >= 4 is 17.1 Å². The molecule has 1 unspecified atom stereocenters. The molecule has 2 nitrogen and oxygen atoms in total. The summed E-state index contributed by atoms with van der Waals surface area (Å²) in [6.45, 7) is 8.90. The summed E-state index contributed by atoms with van der Waals surface area (Å²) in [5.74, 6) is -0.292. The van der Waals surface area contributed by atoms with Crippen LogP contribution in [0.5, 0.6) is 0 Å². The van der Waals surface area contributed by atoms with E-state index in [9.17, 15) is 8.94 Å². The number of nitrogens with zero attached hydrogens (tertiary/aromatic N) is 1. The van der Waals surface area contributed by atoms with Gasteiger partial charge in [0.05, 0.1) is 5.71 Å². The Morgan fingerprint density at radius 3 is 2.47 bits per heavy atom. The molecule has 0 aliphatic heterocycles. The summed E-state index contributed by atoms with van der Waals surface area (Å²) in [4.78, 5) is 0. The highest BCUT2D eigenvalue weighted by Crippen LogP contribution is 2.19. The SMILES string of the molecule is C/C(=N\[S+]([O-])C(C)(C)C)c1cccc(C)c1F. The van der Waals surface area contributed by atoms with Crippen molar-refractivity contribution in [2.45, 2.75) is 39.4 Å². The van der Waals surface area contributed by atoms with Crippen molar-refractivity contribution in [1.82, 2.24) is 0 Å². The van der Waals surface area contributed by atoms with E-state index in [1.807, 2.05) is 20.8 Å². The Hall–Kier alpha value is -0.870. The fourth-order valence-corrected chi connectivity index (χ4v) is 1.86. The van der Waals surface area contributed by atoms with Crippen LogP contribution in [0, 0.1) is 12.7 Å². The van der Waals surface area contributed by atoms with Gasteiger partial charge in [0.15, 0.2) is 0 Å². The maximum atomic E-state index is 13.8. The van der Waals surface area contributed by atoms with Gasteiger partial charge < -0.3 is 4.55 Å². The monoisotopic (exact) mass is 255 g/mol. The minimum atomic E-state index is -1.36. The lowest BCUT2D eigenvalue weighted by molar-refractivity contribution is 0.561. The summed E-state index contributed by atoms with van der Waals surface area (Å²) >= 11 is -1.36. The topological polar surface area (TPSA) is 35.4 Å². The van der Waals surface area contributed by atoms with Crippen LogP contribution in [0.15, 0.2) is 22.6 Å². The van der Waals surface area contributed by atoms with Crippen LogP contribution >= 0.6 is 0 Å². The van der Waals surface area contributed by atoms with Crippen molar-refractivity contribution in [1.29, 1.82) is 0 Å². The number of rotatable bonds is 2. The Kier molecular flexibility index (Phi) is 4.33. The molecule has 0 heterocycles. The van der Waals surface area contributed by atoms with Crippen LogP contribution in [0.2, 0.25) is 0 Å². The summed E-state index contributed by atoms with van der Waals surface area (Å²) < 4.78 is 29.3. The number of hydrogen-bond acceptors (Lipinski definition) is 2. The molecular formula is C13H18FNOS. The van der Waals surface area contributed by atoms with Crippen LogP contribution in [0.3, 0.4) is 0 Å². The second-order valence-electron chi connectivity index (χ2n) is 4.97. The molecule has 0 saturated carbocycles. The van der Waals surface area contributed by atoms with E-state index in [4.69, 9.17) is 0 Å². The van der Waals surface area contributed by atoms with E-state index in [2.05, 4.69) is 4.40 Å². The highest BCUT2D eigenvalue weighted by atomic mass is 32.2. The average Bonchev–Trinajstić information content (AvgIpc) is 2.20. The Labute approximate surface area is 105 Å². The molecule has 1 aromatic rings. The molecule has 0 aromatic heterocycles. The molecular weight excluding hydrogens is 237 g/mol. The first kappa shape index (κ1) is 14.2. The van der Waals surface area contributed by atoms with Crippen molar-refractivity contribution < 1.29 is 8.94 Å². The fraction of sp³-hybridized carbons (Fsp3) is 0.462. The molecule has 0 saturated heterocycles. The van der Waals surface area contributed by atoms with Crippen molar-refractivity contribution in [3.8, 4) is 0 Å². The lowest BCUT2D eigenvalue weighted by Gasteiger charge is -2.18. The highest BCUT2D eigenvalue weighted by Gasteiger charge is 2.27. The molecule has 0 N–H and O–H groups in total. The molecule has 1 atom stereocenters. The number of halogens is 1. The minimum absolute atomic E-state index is 0.292. The van der Waals surface area contributed by atoms with Crippen LogP contribution in [0.25, 0.3) is 0 Å². The lowest BCUT2D eigenvalue weighted by atomic mass is 10.1. The zero-order valence-electron chi connectivity index (χ0n) is 10.9. The number of benzene rings is 1. The zero-order chi connectivity index (χ0) is 13.2. The van der Waals surface area contributed by atoms with Gasteiger partial charge in [-0.25, -0.2) is 4.39 Å². The summed E-state index contributed by atoms with van der Waals surface area (Å²) in [6.07, 6.45) is 0. The van der Waals surface area contributed by atoms with E-state index in [-0.39, 0.29) is 5.82 Å². The smallest absolute Gasteiger partial charge is 0.144 e. The van der Waals surface area contributed by atoms with Crippen LogP contribution < -0.4 is 0 Å². The molecule has 0 aliphatic carbocycles. The first-order valence-corrected chi connectivity index (χ1v) is 6.57. The van der Waals surface area contributed by atoms with Crippen molar-refractivity contribution in [2.24, 2.45) is 4.40 Å². The van der Waals surface area contributed by atoms with Crippen molar-refractivity contribution in [3.63, 3.8) is 0 Å². The zero-order valence-corrected chi connectivity index (χ0v) is 11.7. The molecule has 0 bridgehead atoms. The Morgan fingerprint density at radius 2 is 1.94 bits per heavy atom. The summed E-state index contributed by atoms with van der Waals surface area (Å²) in [5.41, 5.74) is 1.46. The maximum Gasteiger partial charge on any atom is 0.144 e. The van der Waals surface area contributed by atoms with E-state index >= 15 is 0 Å². The Morgan fingerprint density at radius 1 is 1.35 bits per heavy atom. The van der Waals surface area contributed by atoms with Gasteiger partial charge in [0.2, 0.25) is 0 Å². The van der Waals surface area contributed by atoms with Crippen molar-refractivity contribution in [2.75, 3.05) is 0 Å². The first-order chi connectivity index (χ1) is 7.73. The molecule has 0 fully saturated rings. The summed E-state index contributed by atoms with van der Waals surface area (Å²) in [6, 6.07) is 5.13. The van der Waals surface area contributed by atoms with E-state index < -0.39 is 16.1 Å². The molecule has 0 amide bonds. The van der Waals surface area contributed by atoms with E-state index in [1.54, 1.807) is 32.0 Å². The van der Waals surface area contributed by atoms with Crippen LogP contribution in [-0.4, -0.2) is 15.0 Å². The first-order valence-electron chi connectivity index (χ1n) is 5.46. The van der Waals surface area contributed by atoms with Gasteiger partial charge in [0, 0.05) is 5.56 Å². The van der Waals surface area contributed by atoms with E-state index in [0.29, 0.717) is 16.8 Å². The highest BCUT2D eigenvalue weighted by molar-refractivity contribution is 7.91. The Bertz CT molecular complexity index is 438. The van der Waals surface area contributed by atoms with Crippen molar-refractivity contribution in [3.05, 3.63) is 35.1 Å². The molecule has 0 radical (unpaired) electrons. The molecule has 17 heavy (non-hydrogen) atoms. The van der Waals surface area contributed by atoms with Gasteiger partial charge in [-0.15, -0.1) is 0 Å². The molecule has 0 spiro atoms. The van der Waals surface area contributed by atoms with E-state index in [0.717, 1.165) is 0 Å². The quantitative estimate of drug-likeness (QED) is 0.589. The molecule has 1 aromatic carbocycles. The van der Waals surface area contributed by atoms with Gasteiger partial charge in [0.1, 0.15) is 21.9 Å². The van der Waals surface area contributed by atoms with Crippen LogP contribution in [0.1, 0.15) is 38.8 Å². The molecule has 94 valence electrons. The van der Waals surface area contributed by atoms with Gasteiger partial charge in [-0.3, -0.25) is 0 Å². The summed E-state index contributed by atoms with van der Waals surface area (Å²) in [5, 5.41) is 0. The van der Waals surface area contributed by atoms with Gasteiger partial charge in [0.25, 0.3) is 0 Å². The average molecular weight is 255 g/mol. The minimum Gasteiger partial charge on any atom is -0.591 e. The third-order valence-corrected chi connectivity index (χ3v) is 3.81. The summed E-state index contributed by atoms with van der Waals surface area (Å²) in [7, 11) is 0. The number of hydrogen-bond donors (Lipinski definition) is 0. The Balaban J connectivity index is 3.09. The lowest BCUT2D eigenvalue weighted by Crippen LogP contribution is -2.26. The van der Waals surface area contributed by atoms with Crippen LogP contribution in [-0.2, 0) is 11.4 Å². The largest absolute Gasteiger partial charge is 0.591 e. The second-order valence-corrected chi connectivity index (χ2v) is 6.88. The standard InChI is InChI=1S/C13H18FNOS/c1-9-7-6-8-11(12(9)14)10(2)15-17(16)13(3,4)5/h6-8H,1-5H3/b15-10+. The van der Waals surface area contributed by atoms with Crippen LogP contribution in [0.4, 0.5) is 4.39 Å². The fourth-order valence-electron chi connectivity index (χ4n) is 1.24. The van der Waals surface area contributed by atoms with Gasteiger partial charge in [-0.2, -0.15) is 0 Å². The predicted octanol–water partition coefficient (Wildman–Crippen LogP) is 3.41. The third kappa shape index (κ3) is 3.54. The predicted molar refractivity (Wildman–Crippen MR) is 71.2 cm³/mol. The van der Waals surface area contributed by atoms with Gasteiger partial charge in [-0.1, -0.05) is 22.6 Å². The molecule has 0 aliphatic rings.